The maximum absolute atomic E-state index is 5.92. The lowest BCUT2D eigenvalue weighted by molar-refractivity contribution is 0.435. The lowest BCUT2D eigenvalue weighted by Crippen LogP contribution is -2.24. The molecule has 0 amide bonds. The molecule has 0 spiro atoms. The van der Waals surface area contributed by atoms with Crippen LogP contribution in [0.15, 0.2) is 24.3 Å². The summed E-state index contributed by atoms with van der Waals surface area (Å²) in [5.74, 6) is 1.57. The first-order chi connectivity index (χ1) is 7.18. The Hall–Kier alpha value is -1.18. The third-order valence-corrected chi connectivity index (χ3v) is 3.77. The van der Waals surface area contributed by atoms with Crippen molar-refractivity contribution in [1.29, 1.82) is 0 Å². The fraction of sp³-hybridized carbons (Fsp3) is 0.538. The van der Waals surface area contributed by atoms with Crippen molar-refractivity contribution in [2.24, 2.45) is 11.8 Å². The summed E-state index contributed by atoms with van der Waals surface area (Å²) in [4.78, 5) is 0. The molecule has 1 saturated carbocycles. The number of anilines is 2. The van der Waals surface area contributed by atoms with E-state index < -0.39 is 0 Å². The number of nitrogen functional groups attached to an aromatic ring is 1. The maximum Gasteiger partial charge on any atom is 0.0576 e. The Morgan fingerprint density at radius 3 is 2.53 bits per heavy atom. The van der Waals surface area contributed by atoms with Gasteiger partial charge in [0.1, 0.15) is 0 Å². The first-order valence-corrected chi connectivity index (χ1v) is 5.79. The van der Waals surface area contributed by atoms with E-state index in [9.17, 15) is 0 Å². The number of benzene rings is 1. The van der Waals surface area contributed by atoms with Crippen molar-refractivity contribution in [1.82, 2.24) is 0 Å². The van der Waals surface area contributed by atoms with Gasteiger partial charge in [0, 0.05) is 6.04 Å². The number of nitrogens with two attached hydrogens (primary N) is 1. The van der Waals surface area contributed by atoms with Gasteiger partial charge in [-0.1, -0.05) is 26.0 Å². The van der Waals surface area contributed by atoms with Gasteiger partial charge in [-0.2, -0.15) is 0 Å². The van der Waals surface area contributed by atoms with Crippen LogP contribution in [0.2, 0.25) is 0 Å². The second-order valence-electron chi connectivity index (χ2n) is 4.75. The molecule has 3 unspecified atom stereocenters. The summed E-state index contributed by atoms with van der Waals surface area (Å²) >= 11 is 0. The minimum absolute atomic E-state index is 0.588. The van der Waals surface area contributed by atoms with Gasteiger partial charge in [0.2, 0.25) is 0 Å². The van der Waals surface area contributed by atoms with Crippen molar-refractivity contribution in [3.05, 3.63) is 24.3 Å². The minimum atomic E-state index is 0.588. The summed E-state index contributed by atoms with van der Waals surface area (Å²) in [5.41, 5.74) is 7.85. The van der Waals surface area contributed by atoms with Crippen molar-refractivity contribution in [2.75, 3.05) is 11.1 Å². The van der Waals surface area contributed by atoms with E-state index in [4.69, 9.17) is 5.73 Å². The molecule has 2 nitrogen and oxygen atoms in total. The van der Waals surface area contributed by atoms with Crippen molar-refractivity contribution >= 4 is 11.4 Å². The molecule has 2 heteroatoms. The molecule has 1 aliphatic carbocycles. The van der Waals surface area contributed by atoms with Gasteiger partial charge in [0.25, 0.3) is 0 Å². The van der Waals surface area contributed by atoms with Crippen molar-refractivity contribution in [3.63, 3.8) is 0 Å². The fourth-order valence-corrected chi connectivity index (χ4v) is 2.40. The van der Waals surface area contributed by atoms with Gasteiger partial charge in [-0.15, -0.1) is 0 Å². The number of hydrogen-bond acceptors (Lipinski definition) is 2. The molecule has 0 radical (unpaired) electrons. The molecular formula is C13H20N2. The van der Waals surface area contributed by atoms with E-state index in [1.807, 2.05) is 18.2 Å². The first kappa shape index (κ1) is 10.3. The van der Waals surface area contributed by atoms with Crippen LogP contribution in [0.3, 0.4) is 0 Å². The van der Waals surface area contributed by atoms with Crippen LogP contribution in [0.1, 0.15) is 26.7 Å². The second kappa shape index (κ2) is 4.13. The van der Waals surface area contributed by atoms with Crippen molar-refractivity contribution in [3.8, 4) is 0 Å². The molecule has 0 aromatic heterocycles. The molecule has 1 fully saturated rings. The van der Waals surface area contributed by atoms with E-state index in [1.165, 1.54) is 12.8 Å². The summed E-state index contributed by atoms with van der Waals surface area (Å²) in [6, 6.07) is 8.60. The van der Waals surface area contributed by atoms with Crippen molar-refractivity contribution < 1.29 is 0 Å². The Bertz CT molecular complexity index is 335. The highest BCUT2D eigenvalue weighted by Crippen LogP contribution is 2.34. The highest BCUT2D eigenvalue weighted by atomic mass is 14.9. The van der Waals surface area contributed by atoms with Crippen LogP contribution in [0, 0.1) is 11.8 Å². The standard InChI is InChI=1S/C13H20N2/c1-9-7-8-12(10(9)2)15-13-6-4-3-5-11(13)14/h3-6,9-10,12,15H,7-8,14H2,1-2H3. The zero-order valence-electron chi connectivity index (χ0n) is 9.53. The lowest BCUT2D eigenvalue weighted by atomic mass is 9.97. The second-order valence-corrected chi connectivity index (χ2v) is 4.75. The summed E-state index contributed by atoms with van der Waals surface area (Å²) in [7, 11) is 0. The molecule has 2 rings (SSSR count). The van der Waals surface area contributed by atoms with Crippen LogP contribution in [-0.2, 0) is 0 Å². The predicted molar refractivity (Wildman–Crippen MR) is 65.8 cm³/mol. The largest absolute Gasteiger partial charge is 0.397 e. The van der Waals surface area contributed by atoms with Gasteiger partial charge in [-0.05, 0) is 36.8 Å². The van der Waals surface area contributed by atoms with Gasteiger partial charge >= 0.3 is 0 Å². The van der Waals surface area contributed by atoms with Crippen LogP contribution in [-0.4, -0.2) is 6.04 Å². The normalized spacial score (nSPS) is 30.4. The summed E-state index contributed by atoms with van der Waals surface area (Å²) < 4.78 is 0. The SMILES string of the molecule is CC1CCC(Nc2ccccc2N)C1C. The average Bonchev–Trinajstić information content (AvgIpc) is 2.53. The number of nitrogens with one attached hydrogen (secondary N) is 1. The van der Waals surface area contributed by atoms with E-state index in [0.29, 0.717) is 6.04 Å². The molecule has 1 aromatic rings. The molecule has 3 atom stereocenters. The third-order valence-electron chi connectivity index (χ3n) is 3.77. The highest BCUT2D eigenvalue weighted by molar-refractivity contribution is 5.66. The fourth-order valence-electron chi connectivity index (χ4n) is 2.40. The van der Waals surface area contributed by atoms with Crippen molar-refractivity contribution in [2.45, 2.75) is 32.7 Å². The Labute approximate surface area is 91.9 Å². The maximum atomic E-state index is 5.92. The smallest absolute Gasteiger partial charge is 0.0576 e. The number of rotatable bonds is 2. The van der Waals surface area contributed by atoms with Crippen LogP contribution >= 0.6 is 0 Å². The molecule has 3 N–H and O–H groups in total. The van der Waals surface area contributed by atoms with E-state index >= 15 is 0 Å². The molecule has 0 aliphatic heterocycles. The van der Waals surface area contributed by atoms with Crippen LogP contribution in [0.5, 0.6) is 0 Å². The predicted octanol–water partition coefficient (Wildman–Crippen LogP) is 3.12. The Balaban J connectivity index is 2.07. The van der Waals surface area contributed by atoms with E-state index in [2.05, 4.69) is 25.2 Å². The molecule has 82 valence electrons. The Morgan fingerprint density at radius 1 is 1.20 bits per heavy atom. The molecule has 1 aliphatic rings. The molecular weight excluding hydrogens is 184 g/mol. The topological polar surface area (TPSA) is 38.0 Å². The number of hydrogen-bond donors (Lipinski definition) is 2. The Kier molecular flexibility index (Phi) is 2.85. The zero-order chi connectivity index (χ0) is 10.8. The van der Waals surface area contributed by atoms with Gasteiger partial charge in [-0.25, -0.2) is 0 Å². The Morgan fingerprint density at radius 2 is 1.93 bits per heavy atom. The van der Waals surface area contributed by atoms with Crippen LogP contribution in [0.25, 0.3) is 0 Å². The molecule has 0 heterocycles. The molecule has 1 aromatic carbocycles. The monoisotopic (exact) mass is 204 g/mol. The lowest BCUT2D eigenvalue weighted by Gasteiger charge is -2.21. The molecule has 0 saturated heterocycles. The number of para-hydroxylation sites is 2. The van der Waals surface area contributed by atoms with E-state index in [1.54, 1.807) is 0 Å². The zero-order valence-corrected chi connectivity index (χ0v) is 9.53. The quantitative estimate of drug-likeness (QED) is 0.726. The van der Waals surface area contributed by atoms with Crippen LogP contribution in [0.4, 0.5) is 11.4 Å². The minimum Gasteiger partial charge on any atom is -0.397 e. The van der Waals surface area contributed by atoms with E-state index in [0.717, 1.165) is 23.2 Å². The molecule has 0 bridgehead atoms. The average molecular weight is 204 g/mol. The van der Waals surface area contributed by atoms with Gasteiger partial charge in [0.15, 0.2) is 0 Å². The summed E-state index contributed by atoms with van der Waals surface area (Å²) in [6.07, 6.45) is 2.59. The van der Waals surface area contributed by atoms with E-state index in [-0.39, 0.29) is 0 Å². The van der Waals surface area contributed by atoms with Gasteiger partial charge in [0.05, 0.1) is 11.4 Å². The highest BCUT2D eigenvalue weighted by Gasteiger charge is 2.29. The summed E-state index contributed by atoms with van der Waals surface area (Å²) in [6.45, 7) is 4.66. The van der Waals surface area contributed by atoms with Crippen LogP contribution < -0.4 is 11.1 Å². The molecule has 15 heavy (non-hydrogen) atoms. The summed E-state index contributed by atoms with van der Waals surface area (Å²) in [5, 5.41) is 3.56. The van der Waals surface area contributed by atoms with Gasteiger partial charge in [-0.3, -0.25) is 0 Å². The van der Waals surface area contributed by atoms with Gasteiger partial charge < -0.3 is 11.1 Å². The third kappa shape index (κ3) is 2.09. The first-order valence-electron chi connectivity index (χ1n) is 5.79.